The zero-order valence-electron chi connectivity index (χ0n) is 18.2. The van der Waals surface area contributed by atoms with Crippen molar-refractivity contribution in [2.45, 2.75) is 0 Å². The molecule has 0 radical (unpaired) electrons. The van der Waals surface area contributed by atoms with E-state index in [-0.39, 0.29) is 0 Å². The van der Waals surface area contributed by atoms with Crippen molar-refractivity contribution in [1.29, 1.82) is 0 Å². The van der Waals surface area contributed by atoms with Crippen LogP contribution in [0.1, 0.15) is 0 Å². The second-order valence-corrected chi connectivity index (χ2v) is 8.28. The first-order valence-corrected chi connectivity index (χ1v) is 11.3. The number of benzene rings is 6. The topological polar surface area (TPSA) is 3.24 Å². The van der Waals surface area contributed by atoms with Crippen LogP contribution in [0.15, 0.2) is 140 Å². The van der Waals surface area contributed by atoms with Gasteiger partial charge in [-0.15, -0.1) is 0 Å². The van der Waals surface area contributed by atoms with E-state index in [0.717, 1.165) is 17.1 Å². The summed E-state index contributed by atoms with van der Waals surface area (Å²) in [7, 11) is 0. The molecule has 0 saturated heterocycles. The molecule has 33 heavy (non-hydrogen) atoms. The van der Waals surface area contributed by atoms with Crippen LogP contribution in [0.2, 0.25) is 0 Å². The van der Waals surface area contributed by atoms with E-state index in [1.54, 1.807) is 0 Å². The molecule has 6 aromatic rings. The average Bonchev–Trinajstić information content (AvgIpc) is 2.90. The predicted octanol–water partition coefficient (Wildman–Crippen LogP) is 9.13. The number of para-hydroxylation sites is 1. The SMILES string of the molecule is c1ccc(-c2ccc(N(c3ccccc3)c3ccc4ccc5ccccc5c4c3)cc2)cc1. The number of hydrogen-bond donors (Lipinski definition) is 0. The molecule has 0 fully saturated rings. The Kier molecular flexibility index (Phi) is 4.86. The van der Waals surface area contributed by atoms with E-state index in [1.165, 1.54) is 32.7 Å². The van der Waals surface area contributed by atoms with Crippen LogP contribution in [0, 0.1) is 0 Å². The Hall–Kier alpha value is -4.36. The van der Waals surface area contributed by atoms with Crippen LogP contribution in [0.4, 0.5) is 17.1 Å². The lowest BCUT2D eigenvalue weighted by Crippen LogP contribution is -2.09. The molecular formula is C32H23N. The van der Waals surface area contributed by atoms with Crippen LogP contribution in [0.25, 0.3) is 32.7 Å². The first-order valence-electron chi connectivity index (χ1n) is 11.3. The minimum Gasteiger partial charge on any atom is -0.310 e. The fourth-order valence-electron chi connectivity index (χ4n) is 4.59. The first kappa shape index (κ1) is 19.3. The van der Waals surface area contributed by atoms with E-state index >= 15 is 0 Å². The minimum atomic E-state index is 1.14. The number of hydrogen-bond acceptors (Lipinski definition) is 1. The summed E-state index contributed by atoms with van der Waals surface area (Å²) < 4.78 is 0. The summed E-state index contributed by atoms with van der Waals surface area (Å²) in [6.07, 6.45) is 0. The van der Waals surface area contributed by atoms with Crippen molar-refractivity contribution >= 4 is 38.6 Å². The molecule has 6 aromatic carbocycles. The van der Waals surface area contributed by atoms with Crippen LogP contribution in [0.3, 0.4) is 0 Å². The van der Waals surface area contributed by atoms with Crippen LogP contribution < -0.4 is 4.90 Å². The Morgan fingerprint density at radius 3 is 1.61 bits per heavy atom. The van der Waals surface area contributed by atoms with Gasteiger partial charge in [-0.1, -0.05) is 103 Å². The molecule has 0 spiro atoms. The standard InChI is InChI=1S/C32H23N/c1-3-9-24(10-4-1)25-17-20-29(21-18-25)33(28-12-5-2-6-13-28)30-22-19-27-16-15-26-11-7-8-14-31(26)32(27)23-30/h1-23H. The molecule has 0 aliphatic carbocycles. The average molecular weight is 422 g/mol. The fourth-order valence-corrected chi connectivity index (χ4v) is 4.59. The van der Waals surface area contributed by atoms with Crippen molar-refractivity contribution in [2.24, 2.45) is 0 Å². The molecule has 0 aromatic heterocycles. The Morgan fingerprint density at radius 1 is 0.333 bits per heavy atom. The van der Waals surface area contributed by atoms with Gasteiger partial charge in [-0.05, 0) is 69.1 Å². The molecule has 0 saturated carbocycles. The minimum absolute atomic E-state index is 1.14. The lowest BCUT2D eigenvalue weighted by molar-refractivity contribution is 1.29. The summed E-state index contributed by atoms with van der Waals surface area (Å²) in [5.74, 6) is 0. The van der Waals surface area contributed by atoms with E-state index in [0.29, 0.717) is 0 Å². The summed E-state index contributed by atoms with van der Waals surface area (Å²) in [6, 6.07) is 49.7. The lowest BCUT2D eigenvalue weighted by atomic mass is 10.0. The monoisotopic (exact) mass is 421 g/mol. The molecule has 0 atom stereocenters. The Balaban J connectivity index is 1.51. The van der Waals surface area contributed by atoms with Gasteiger partial charge in [0.05, 0.1) is 0 Å². The third kappa shape index (κ3) is 3.64. The van der Waals surface area contributed by atoms with Gasteiger partial charge in [-0.2, -0.15) is 0 Å². The van der Waals surface area contributed by atoms with Gasteiger partial charge in [0.2, 0.25) is 0 Å². The summed E-state index contributed by atoms with van der Waals surface area (Å²) in [6.45, 7) is 0. The van der Waals surface area contributed by atoms with E-state index in [4.69, 9.17) is 0 Å². The quantitative estimate of drug-likeness (QED) is 0.256. The van der Waals surface area contributed by atoms with Crippen molar-refractivity contribution < 1.29 is 0 Å². The summed E-state index contributed by atoms with van der Waals surface area (Å²) in [4.78, 5) is 2.33. The Bertz CT molecular complexity index is 1530. The van der Waals surface area contributed by atoms with E-state index in [2.05, 4.69) is 144 Å². The van der Waals surface area contributed by atoms with Gasteiger partial charge in [0.1, 0.15) is 0 Å². The normalized spacial score (nSPS) is 11.0. The molecule has 0 aliphatic heterocycles. The number of anilines is 3. The van der Waals surface area contributed by atoms with Gasteiger partial charge in [0.25, 0.3) is 0 Å². The molecule has 0 aliphatic rings. The fraction of sp³-hybridized carbons (Fsp3) is 0. The van der Waals surface area contributed by atoms with E-state index < -0.39 is 0 Å². The molecule has 0 amide bonds. The van der Waals surface area contributed by atoms with Gasteiger partial charge < -0.3 is 4.90 Å². The molecular weight excluding hydrogens is 398 g/mol. The summed E-state index contributed by atoms with van der Waals surface area (Å²) in [5.41, 5.74) is 5.88. The van der Waals surface area contributed by atoms with Crippen LogP contribution in [-0.2, 0) is 0 Å². The number of rotatable bonds is 4. The summed E-state index contributed by atoms with van der Waals surface area (Å²) >= 11 is 0. The highest BCUT2D eigenvalue weighted by atomic mass is 15.1. The van der Waals surface area contributed by atoms with Gasteiger partial charge in [0, 0.05) is 17.1 Å². The van der Waals surface area contributed by atoms with E-state index in [9.17, 15) is 0 Å². The Labute approximate surface area is 194 Å². The van der Waals surface area contributed by atoms with Gasteiger partial charge in [0.15, 0.2) is 0 Å². The van der Waals surface area contributed by atoms with Crippen molar-refractivity contribution in [1.82, 2.24) is 0 Å². The maximum Gasteiger partial charge on any atom is 0.0468 e. The zero-order valence-corrected chi connectivity index (χ0v) is 18.2. The lowest BCUT2D eigenvalue weighted by Gasteiger charge is -2.26. The molecule has 0 bridgehead atoms. The molecule has 1 nitrogen and oxygen atoms in total. The Morgan fingerprint density at radius 2 is 0.848 bits per heavy atom. The third-order valence-electron chi connectivity index (χ3n) is 6.24. The molecule has 6 rings (SSSR count). The number of fused-ring (bicyclic) bond motifs is 3. The zero-order chi connectivity index (χ0) is 22.0. The van der Waals surface area contributed by atoms with Gasteiger partial charge in [-0.3, -0.25) is 0 Å². The maximum absolute atomic E-state index is 2.33. The second kappa shape index (κ2) is 8.29. The van der Waals surface area contributed by atoms with E-state index in [1.807, 2.05) is 0 Å². The molecule has 0 N–H and O–H groups in total. The van der Waals surface area contributed by atoms with Gasteiger partial charge >= 0.3 is 0 Å². The first-order chi connectivity index (χ1) is 16.4. The van der Waals surface area contributed by atoms with Crippen LogP contribution in [-0.4, -0.2) is 0 Å². The van der Waals surface area contributed by atoms with Crippen LogP contribution in [0.5, 0.6) is 0 Å². The molecule has 0 heterocycles. The van der Waals surface area contributed by atoms with Crippen molar-refractivity contribution in [3.05, 3.63) is 140 Å². The largest absolute Gasteiger partial charge is 0.310 e. The second-order valence-electron chi connectivity index (χ2n) is 8.28. The highest BCUT2D eigenvalue weighted by Crippen LogP contribution is 2.38. The van der Waals surface area contributed by atoms with Crippen molar-refractivity contribution in [3.63, 3.8) is 0 Å². The molecule has 0 unspecified atom stereocenters. The smallest absolute Gasteiger partial charge is 0.0468 e. The van der Waals surface area contributed by atoms with Crippen LogP contribution >= 0.6 is 0 Å². The highest BCUT2D eigenvalue weighted by molar-refractivity contribution is 6.08. The predicted molar refractivity (Wildman–Crippen MR) is 142 cm³/mol. The molecule has 1 heteroatoms. The highest BCUT2D eigenvalue weighted by Gasteiger charge is 2.13. The summed E-state index contributed by atoms with van der Waals surface area (Å²) in [5, 5.41) is 5.07. The maximum atomic E-state index is 2.33. The third-order valence-corrected chi connectivity index (χ3v) is 6.24. The van der Waals surface area contributed by atoms with Crippen molar-refractivity contribution in [3.8, 4) is 11.1 Å². The molecule has 156 valence electrons. The van der Waals surface area contributed by atoms with Gasteiger partial charge in [-0.25, -0.2) is 0 Å². The number of nitrogens with zero attached hydrogens (tertiary/aromatic N) is 1. The van der Waals surface area contributed by atoms with Crippen molar-refractivity contribution in [2.75, 3.05) is 4.90 Å².